The summed E-state index contributed by atoms with van der Waals surface area (Å²) in [4.78, 5) is 12.0. The van der Waals surface area contributed by atoms with Crippen molar-refractivity contribution in [2.45, 2.75) is 25.7 Å². The summed E-state index contributed by atoms with van der Waals surface area (Å²) in [6, 6.07) is 18.0. The van der Waals surface area contributed by atoms with Crippen LogP contribution in [0.1, 0.15) is 42.4 Å². The van der Waals surface area contributed by atoms with E-state index in [9.17, 15) is 4.79 Å². The number of carbonyl (C=O) groups is 1. The van der Waals surface area contributed by atoms with E-state index >= 15 is 4.39 Å². The molecule has 33 heavy (non-hydrogen) atoms. The van der Waals surface area contributed by atoms with E-state index < -0.39 is 11.7 Å². The lowest BCUT2D eigenvalue weighted by molar-refractivity contribution is -0.108. The predicted molar refractivity (Wildman–Crippen MR) is 130 cm³/mol. The minimum Gasteiger partial charge on any atom is -0.488 e. The van der Waals surface area contributed by atoms with Gasteiger partial charge in [0.1, 0.15) is 12.9 Å². The Morgan fingerprint density at radius 1 is 1.06 bits per heavy atom. The van der Waals surface area contributed by atoms with Crippen molar-refractivity contribution in [3.8, 4) is 28.7 Å². The maximum absolute atomic E-state index is 15.7. The zero-order chi connectivity index (χ0) is 23.6. The number of hydrogen-bond donors (Lipinski definition) is 0. The normalized spacial score (nSPS) is 11.4. The third-order valence-corrected chi connectivity index (χ3v) is 5.49. The molecule has 1 atom stereocenters. The van der Waals surface area contributed by atoms with Crippen LogP contribution in [-0.4, -0.2) is 26.6 Å². The van der Waals surface area contributed by atoms with Crippen LogP contribution in [0.3, 0.4) is 0 Å². The number of benzene rings is 3. The molecule has 0 bridgehead atoms. The Labute approximate surface area is 199 Å². The molecular weight excluding hydrogens is 439 g/mol. The second-order valence-corrected chi connectivity index (χ2v) is 7.86. The number of methoxy groups -OCH3 is 1. The molecule has 3 aromatic rings. The van der Waals surface area contributed by atoms with Crippen LogP contribution in [0, 0.1) is 17.7 Å². The van der Waals surface area contributed by atoms with Gasteiger partial charge in [-0.2, -0.15) is 0 Å². The summed E-state index contributed by atoms with van der Waals surface area (Å²) in [5, 5.41) is 0.364. The molecule has 0 N–H and O–H groups in total. The monoisotopic (exact) mass is 464 g/mol. The summed E-state index contributed by atoms with van der Waals surface area (Å²) in [5.41, 5.74) is 2.81. The van der Waals surface area contributed by atoms with E-state index in [4.69, 9.17) is 21.1 Å². The second kappa shape index (κ2) is 12.2. The molecule has 5 heteroatoms. The van der Waals surface area contributed by atoms with Gasteiger partial charge in [-0.25, -0.2) is 4.39 Å². The van der Waals surface area contributed by atoms with E-state index in [1.165, 1.54) is 0 Å². The van der Waals surface area contributed by atoms with Crippen LogP contribution in [0.25, 0.3) is 11.1 Å². The number of hydrogen-bond acceptors (Lipinski definition) is 3. The smallest absolute Gasteiger partial charge is 0.174 e. The number of ether oxygens (including phenoxy) is 2. The lowest BCUT2D eigenvalue weighted by Crippen LogP contribution is -2.07. The first-order chi connectivity index (χ1) is 16.1. The molecule has 0 aliphatic carbocycles. The number of unbranched alkanes of at least 4 members (excludes halogenated alkanes) is 1. The molecule has 3 nitrogen and oxygen atoms in total. The van der Waals surface area contributed by atoms with Crippen LogP contribution in [0.15, 0.2) is 60.7 Å². The molecule has 3 rings (SSSR count). The Morgan fingerprint density at radius 3 is 2.55 bits per heavy atom. The van der Waals surface area contributed by atoms with Crippen molar-refractivity contribution in [2.24, 2.45) is 0 Å². The maximum atomic E-state index is 15.7. The topological polar surface area (TPSA) is 35.5 Å². The van der Waals surface area contributed by atoms with Crippen molar-refractivity contribution in [3.05, 3.63) is 88.2 Å². The number of carbonyl (C=O) groups excluding carboxylic acids is 1. The summed E-state index contributed by atoms with van der Waals surface area (Å²) in [5.74, 6) is 5.20. The van der Waals surface area contributed by atoms with Gasteiger partial charge in [-0.15, -0.1) is 0 Å². The third-order valence-electron chi connectivity index (χ3n) is 5.16. The van der Waals surface area contributed by atoms with Gasteiger partial charge in [0.15, 0.2) is 11.6 Å². The molecule has 0 radical (unpaired) electrons. The SMILES string of the molecule is CCCC#Cc1ccc(OCCOC)c(F)c1-c1cc(C(C=O)c2ccccc2)ccc1Cl. The van der Waals surface area contributed by atoms with Gasteiger partial charge < -0.3 is 14.3 Å². The highest BCUT2D eigenvalue weighted by Gasteiger charge is 2.21. The highest BCUT2D eigenvalue weighted by atomic mass is 35.5. The molecule has 0 saturated carbocycles. The van der Waals surface area contributed by atoms with Gasteiger partial charge in [0, 0.05) is 35.2 Å². The van der Waals surface area contributed by atoms with Gasteiger partial charge in [0.2, 0.25) is 0 Å². The first-order valence-corrected chi connectivity index (χ1v) is 11.2. The average Bonchev–Trinajstić information content (AvgIpc) is 2.83. The predicted octanol–water partition coefficient (Wildman–Crippen LogP) is 6.65. The standard InChI is InChI=1S/C28H26ClFO3/c1-3-4-6-11-21-13-15-26(33-17-16-32-2)28(30)27(21)23-18-22(12-14-25(23)29)24(19-31)20-9-7-5-8-10-20/h5,7-10,12-15,18-19,24H,3-4,16-17H2,1-2H3. The fourth-order valence-corrected chi connectivity index (χ4v) is 3.70. The fourth-order valence-electron chi connectivity index (χ4n) is 3.49. The van der Waals surface area contributed by atoms with Crippen molar-refractivity contribution in [3.63, 3.8) is 0 Å². The van der Waals surface area contributed by atoms with Crippen molar-refractivity contribution in [1.29, 1.82) is 0 Å². The molecule has 0 heterocycles. The highest BCUT2D eigenvalue weighted by Crippen LogP contribution is 2.38. The Balaban J connectivity index is 2.15. The van der Waals surface area contributed by atoms with E-state index in [1.54, 1.807) is 37.4 Å². The quantitative estimate of drug-likeness (QED) is 0.202. The van der Waals surface area contributed by atoms with E-state index in [1.807, 2.05) is 37.3 Å². The summed E-state index contributed by atoms with van der Waals surface area (Å²) in [6.45, 7) is 2.58. The molecule has 0 saturated heterocycles. The van der Waals surface area contributed by atoms with Gasteiger partial charge in [-0.05, 0) is 41.8 Å². The Kier molecular flexibility index (Phi) is 9.06. The van der Waals surface area contributed by atoms with Crippen LogP contribution in [0.2, 0.25) is 5.02 Å². The highest BCUT2D eigenvalue weighted by molar-refractivity contribution is 6.33. The third kappa shape index (κ3) is 6.01. The first-order valence-electron chi connectivity index (χ1n) is 10.8. The van der Waals surface area contributed by atoms with E-state index in [0.29, 0.717) is 34.7 Å². The summed E-state index contributed by atoms with van der Waals surface area (Å²) < 4.78 is 26.3. The van der Waals surface area contributed by atoms with Crippen molar-refractivity contribution in [2.75, 3.05) is 20.3 Å². The van der Waals surface area contributed by atoms with Crippen LogP contribution in [0.5, 0.6) is 5.75 Å². The Hall–Kier alpha value is -3.13. The molecule has 0 aliphatic rings. The molecule has 0 fully saturated rings. The molecule has 0 aromatic heterocycles. The molecule has 0 aliphatic heterocycles. The number of rotatable bonds is 9. The zero-order valence-corrected chi connectivity index (χ0v) is 19.5. The van der Waals surface area contributed by atoms with Crippen molar-refractivity contribution >= 4 is 17.9 Å². The second-order valence-electron chi connectivity index (χ2n) is 7.46. The molecular formula is C28H26ClFO3. The number of aldehydes is 1. The lowest BCUT2D eigenvalue weighted by Gasteiger charge is -2.17. The van der Waals surface area contributed by atoms with Crippen molar-refractivity contribution < 1.29 is 18.7 Å². The van der Waals surface area contributed by atoms with Crippen LogP contribution in [-0.2, 0) is 9.53 Å². The minimum atomic E-state index is -0.546. The molecule has 170 valence electrons. The largest absolute Gasteiger partial charge is 0.488 e. The average molecular weight is 465 g/mol. The van der Waals surface area contributed by atoms with Gasteiger partial charge in [0.05, 0.1) is 12.5 Å². The zero-order valence-electron chi connectivity index (χ0n) is 18.7. The molecule has 1 unspecified atom stereocenters. The van der Waals surface area contributed by atoms with Crippen LogP contribution in [0.4, 0.5) is 4.39 Å². The van der Waals surface area contributed by atoms with E-state index in [-0.39, 0.29) is 17.9 Å². The van der Waals surface area contributed by atoms with Gasteiger partial charge in [0.25, 0.3) is 0 Å². The van der Waals surface area contributed by atoms with Gasteiger partial charge >= 0.3 is 0 Å². The molecule has 3 aromatic carbocycles. The van der Waals surface area contributed by atoms with Gasteiger partial charge in [-0.1, -0.05) is 66.8 Å². The summed E-state index contributed by atoms with van der Waals surface area (Å²) in [6.07, 6.45) is 2.48. The van der Waals surface area contributed by atoms with Gasteiger partial charge in [-0.3, -0.25) is 0 Å². The maximum Gasteiger partial charge on any atom is 0.174 e. The first kappa shape index (κ1) is 24.5. The Bertz CT molecular complexity index is 1150. The van der Waals surface area contributed by atoms with E-state index in [2.05, 4.69) is 11.8 Å². The van der Waals surface area contributed by atoms with Crippen LogP contribution >= 0.6 is 11.6 Å². The summed E-state index contributed by atoms with van der Waals surface area (Å²) >= 11 is 6.55. The number of halogens is 2. The molecule has 0 spiro atoms. The summed E-state index contributed by atoms with van der Waals surface area (Å²) in [7, 11) is 1.55. The van der Waals surface area contributed by atoms with Crippen molar-refractivity contribution in [1.82, 2.24) is 0 Å². The molecule has 0 amide bonds. The lowest BCUT2D eigenvalue weighted by atomic mass is 9.89. The fraction of sp³-hybridized carbons (Fsp3) is 0.250. The minimum absolute atomic E-state index is 0.0968. The van der Waals surface area contributed by atoms with Crippen LogP contribution < -0.4 is 4.74 Å². The Morgan fingerprint density at radius 2 is 1.85 bits per heavy atom. The van der Waals surface area contributed by atoms with E-state index in [0.717, 1.165) is 18.3 Å².